The number of aliphatic imine (C=N–C) groups is 1. The zero-order valence-electron chi connectivity index (χ0n) is 14.2. The number of thiophene rings is 1. The standard InChI is InChI=1S/C18H24N4S.HI/c1-14-12-15-6-3-4-8-17(15)22(14)10-9-20-18(19-2)21-13-16-7-5-11-23-16;/h3-8,11,14H,9-10,12-13H2,1-2H3,(H2,19,20,21);1H. The van der Waals surface area contributed by atoms with Crippen molar-refractivity contribution in [1.82, 2.24) is 10.6 Å². The van der Waals surface area contributed by atoms with Gasteiger partial charge < -0.3 is 15.5 Å². The minimum atomic E-state index is 0. The first-order chi connectivity index (χ1) is 11.3. The first kappa shape index (κ1) is 19.1. The second-order valence-corrected chi connectivity index (χ2v) is 6.84. The van der Waals surface area contributed by atoms with Crippen molar-refractivity contribution in [1.29, 1.82) is 0 Å². The number of anilines is 1. The SMILES string of the molecule is CN=C(NCCN1c2ccccc2CC1C)NCc1cccs1.I. The minimum absolute atomic E-state index is 0. The van der Waals surface area contributed by atoms with Gasteiger partial charge in [0.1, 0.15) is 0 Å². The van der Waals surface area contributed by atoms with Gasteiger partial charge in [0.25, 0.3) is 0 Å². The molecule has 1 unspecified atom stereocenters. The molecule has 0 fully saturated rings. The number of halogens is 1. The number of fused-ring (bicyclic) bond motifs is 1. The molecule has 4 nitrogen and oxygen atoms in total. The predicted molar refractivity (Wildman–Crippen MR) is 115 cm³/mol. The van der Waals surface area contributed by atoms with E-state index in [-0.39, 0.29) is 24.0 Å². The molecule has 0 saturated heterocycles. The predicted octanol–water partition coefficient (Wildman–Crippen LogP) is 3.48. The Balaban J connectivity index is 0.00000208. The molecule has 1 aromatic heterocycles. The lowest BCUT2D eigenvalue weighted by Crippen LogP contribution is -2.42. The maximum Gasteiger partial charge on any atom is 0.191 e. The fourth-order valence-electron chi connectivity index (χ4n) is 3.07. The number of para-hydroxylation sites is 1. The highest BCUT2D eigenvalue weighted by molar-refractivity contribution is 14.0. The third-order valence-corrected chi connectivity index (χ3v) is 5.10. The summed E-state index contributed by atoms with van der Waals surface area (Å²) in [6.45, 7) is 4.98. The van der Waals surface area contributed by atoms with Crippen LogP contribution in [0.25, 0.3) is 0 Å². The first-order valence-electron chi connectivity index (χ1n) is 8.09. The largest absolute Gasteiger partial charge is 0.367 e. The molecule has 130 valence electrons. The maximum atomic E-state index is 4.30. The molecule has 0 aliphatic carbocycles. The summed E-state index contributed by atoms with van der Waals surface area (Å²) in [4.78, 5) is 8.09. The average molecular weight is 456 g/mol. The lowest BCUT2D eigenvalue weighted by Gasteiger charge is -2.25. The van der Waals surface area contributed by atoms with Crippen molar-refractivity contribution in [2.45, 2.75) is 25.9 Å². The summed E-state index contributed by atoms with van der Waals surface area (Å²) in [6, 6.07) is 13.5. The van der Waals surface area contributed by atoms with E-state index in [0.717, 1.165) is 32.0 Å². The Morgan fingerprint density at radius 1 is 1.25 bits per heavy atom. The van der Waals surface area contributed by atoms with Crippen LogP contribution in [0.3, 0.4) is 0 Å². The summed E-state index contributed by atoms with van der Waals surface area (Å²) in [5.41, 5.74) is 2.84. The molecule has 0 saturated carbocycles. The fourth-order valence-corrected chi connectivity index (χ4v) is 3.71. The Morgan fingerprint density at radius 3 is 2.83 bits per heavy atom. The summed E-state index contributed by atoms with van der Waals surface area (Å²) in [6.07, 6.45) is 1.14. The summed E-state index contributed by atoms with van der Waals surface area (Å²) in [5, 5.41) is 8.87. The molecule has 1 aliphatic heterocycles. The number of guanidine groups is 1. The van der Waals surface area contributed by atoms with Crippen LogP contribution in [-0.4, -0.2) is 32.1 Å². The Bertz CT molecular complexity index is 657. The molecule has 2 aromatic rings. The van der Waals surface area contributed by atoms with Crippen LogP contribution in [0.2, 0.25) is 0 Å². The highest BCUT2D eigenvalue weighted by Gasteiger charge is 2.24. The third kappa shape index (κ3) is 4.63. The molecule has 6 heteroatoms. The Labute approximate surface area is 165 Å². The molecule has 1 atom stereocenters. The zero-order chi connectivity index (χ0) is 16.1. The lowest BCUT2D eigenvalue weighted by molar-refractivity contribution is 0.656. The monoisotopic (exact) mass is 456 g/mol. The summed E-state index contributed by atoms with van der Waals surface area (Å²) in [7, 11) is 1.82. The number of nitrogens with one attached hydrogen (secondary N) is 2. The van der Waals surface area contributed by atoms with Crippen molar-refractivity contribution in [2.24, 2.45) is 4.99 Å². The number of hydrogen-bond acceptors (Lipinski definition) is 3. The van der Waals surface area contributed by atoms with E-state index in [2.05, 4.69) is 69.2 Å². The first-order valence-corrected chi connectivity index (χ1v) is 8.97. The van der Waals surface area contributed by atoms with Gasteiger partial charge >= 0.3 is 0 Å². The van der Waals surface area contributed by atoms with Gasteiger partial charge in [0.15, 0.2) is 5.96 Å². The maximum absolute atomic E-state index is 4.30. The van der Waals surface area contributed by atoms with Crippen molar-refractivity contribution in [2.75, 3.05) is 25.0 Å². The van der Waals surface area contributed by atoms with Gasteiger partial charge in [-0.25, -0.2) is 0 Å². The van der Waals surface area contributed by atoms with E-state index in [1.165, 1.54) is 16.1 Å². The van der Waals surface area contributed by atoms with E-state index < -0.39 is 0 Å². The van der Waals surface area contributed by atoms with Gasteiger partial charge in [0, 0.05) is 36.7 Å². The molecule has 3 rings (SSSR count). The molecule has 1 aliphatic rings. The normalized spacial score (nSPS) is 16.5. The molecule has 0 spiro atoms. The van der Waals surface area contributed by atoms with E-state index in [9.17, 15) is 0 Å². The van der Waals surface area contributed by atoms with Crippen molar-refractivity contribution < 1.29 is 0 Å². The molecule has 0 amide bonds. The molecular weight excluding hydrogens is 431 g/mol. The number of nitrogens with zero attached hydrogens (tertiary/aromatic N) is 2. The molecule has 2 N–H and O–H groups in total. The molecule has 1 aromatic carbocycles. The Morgan fingerprint density at radius 2 is 2.08 bits per heavy atom. The van der Waals surface area contributed by atoms with E-state index in [1.807, 2.05) is 7.05 Å². The molecule has 24 heavy (non-hydrogen) atoms. The van der Waals surface area contributed by atoms with Gasteiger partial charge in [-0.05, 0) is 36.4 Å². The Kier molecular flexibility index (Phi) is 7.36. The van der Waals surface area contributed by atoms with E-state index >= 15 is 0 Å². The molecule has 2 heterocycles. The molecule has 0 bridgehead atoms. The number of rotatable bonds is 5. The highest BCUT2D eigenvalue weighted by atomic mass is 127. The van der Waals surface area contributed by atoms with Gasteiger partial charge in [-0.1, -0.05) is 24.3 Å². The van der Waals surface area contributed by atoms with Crippen LogP contribution >= 0.6 is 35.3 Å². The van der Waals surface area contributed by atoms with E-state index in [1.54, 1.807) is 11.3 Å². The van der Waals surface area contributed by atoms with Crippen LogP contribution < -0.4 is 15.5 Å². The van der Waals surface area contributed by atoms with Gasteiger partial charge in [-0.15, -0.1) is 35.3 Å². The van der Waals surface area contributed by atoms with Crippen molar-refractivity contribution in [3.63, 3.8) is 0 Å². The zero-order valence-corrected chi connectivity index (χ0v) is 17.3. The second-order valence-electron chi connectivity index (χ2n) is 5.81. The van der Waals surface area contributed by atoms with E-state index in [4.69, 9.17) is 0 Å². The lowest BCUT2D eigenvalue weighted by atomic mass is 10.1. The van der Waals surface area contributed by atoms with Crippen LogP contribution in [0.4, 0.5) is 5.69 Å². The smallest absolute Gasteiger partial charge is 0.191 e. The van der Waals surface area contributed by atoms with Crippen LogP contribution in [-0.2, 0) is 13.0 Å². The van der Waals surface area contributed by atoms with E-state index in [0.29, 0.717) is 6.04 Å². The average Bonchev–Trinajstić information content (AvgIpc) is 3.18. The topological polar surface area (TPSA) is 39.7 Å². The summed E-state index contributed by atoms with van der Waals surface area (Å²) >= 11 is 1.76. The summed E-state index contributed by atoms with van der Waals surface area (Å²) in [5.74, 6) is 0.860. The summed E-state index contributed by atoms with van der Waals surface area (Å²) < 4.78 is 0. The molecule has 0 radical (unpaired) electrons. The van der Waals surface area contributed by atoms with Gasteiger partial charge in [-0.2, -0.15) is 0 Å². The van der Waals surface area contributed by atoms with Gasteiger partial charge in [-0.3, -0.25) is 4.99 Å². The van der Waals surface area contributed by atoms with Gasteiger partial charge in [0.05, 0.1) is 6.54 Å². The van der Waals surface area contributed by atoms with Crippen molar-refractivity contribution in [3.05, 3.63) is 52.2 Å². The van der Waals surface area contributed by atoms with Crippen LogP contribution in [0.15, 0.2) is 46.8 Å². The number of hydrogen-bond donors (Lipinski definition) is 2. The third-order valence-electron chi connectivity index (χ3n) is 4.23. The molecular formula is C18H25IN4S. The number of benzene rings is 1. The van der Waals surface area contributed by atoms with Crippen molar-refractivity contribution in [3.8, 4) is 0 Å². The fraction of sp³-hybridized carbons (Fsp3) is 0.389. The second kappa shape index (κ2) is 9.27. The quantitative estimate of drug-likeness (QED) is 0.411. The van der Waals surface area contributed by atoms with Gasteiger partial charge in [0.2, 0.25) is 0 Å². The highest BCUT2D eigenvalue weighted by Crippen LogP contribution is 2.31. The Hall–Kier alpha value is -1.28. The minimum Gasteiger partial charge on any atom is -0.367 e. The van der Waals surface area contributed by atoms with Crippen LogP contribution in [0.1, 0.15) is 17.4 Å². The van der Waals surface area contributed by atoms with Crippen molar-refractivity contribution >= 4 is 47.0 Å². The van der Waals surface area contributed by atoms with Crippen LogP contribution in [0, 0.1) is 0 Å². The van der Waals surface area contributed by atoms with Crippen LogP contribution in [0.5, 0.6) is 0 Å².